The van der Waals surface area contributed by atoms with Gasteiger partial charge < -0.3 is 15.1 Å². The Kier molecular flexibility index (Phi) is 4.16. The van der Waals surface area contributed by atoms with Gasteiger partial charge >= 0.3 is 0 Å². The molecule has 23 heavy (non-hydrogen) atoms. The molecular weight excluding hydrogens is 288 g/mol. The molecule has 2 N–H and O–H groups in total. The zero-order valence-electron chi connectivity index (χ0n) is 14.0. The molecule has 0 bridgehead atoms. The summed E-state index contributed by atoms with van der Waals surface area (Å²) in [6, 6.07) is 9.41. The lowest BCUT2D eigenvalue weighted by atomic mass is 9.92. The standard InChI is InChI=1S/C19H24N2O2/c1-12-8-13(2)11-21(10-12)19(22)18-7-6-17(23-18)15-5-4-14(3)16(20)9-15/h4-7,9,12-13H,8,10-11,20H2,1-3H3/t12-,13+. The number of likely N-dealkylation sites (tertiary alicyclic amines) is 1. The number of benzene rings is 1. The predicted octanol–water partition coefficient (Wildman–Crippen LogP) is 3.96. The Labute approximate surface area is 137 Å². The van der Waals surface area contributed by atoms with Gasteiger partial charge in [-0.05, 0) is 48.9 Å². The number of anilines is 1. The van der Waals surface area contributed by atoms with Crippen LogP contribution in [0, 0.1) is 18.8 Å². The number of nitrogens with zero attached hydrogens (tertiary/aromatic N) is 1. The molecule has 1 fully saturated rings. The predicted molar refractivity (Wildman–Crippen MR) is 92.1 cm³/mol. The number of aryl methyl sites for hydroxylation is 1. The van der Waals surface area contributed by atoms with E-state index in [1.807, 2.05) is 36.1 Å². The molecule has 1 aliphatic rings. The summed E-state index contributed by atoms with van der Waals surface area (Å²) in [5, 5.41) is 0. The second-order valence-corrected chi connectivity index (χ2v) is 6.89. The third-order valence-corrected chi connectivity index (χ3v) is 4.54. The first-order valence-electron chi connectivity index (χ1n) is 8.19. The van der Waals surface area contributed by atoms with Crippen LogP contribution in [0.1, 0.15) is 36.4 Å². The average molecular weight is 312 g/mol. The third kappa shape index (κ3) is 3.26. The normalized spacial score (nSPS) is 21.4. The minimum absolute atomic E-state index is 0.0188. The molecule has 2 aromatic rings. The Balaban J connectivity index is 1.81. The summed E-state index contributed by atoms with van der Waals surface area (Å²) in [5.74, 6) is 2.14. The van der Waals surface area contributed by atoms with E-state index in [0.717, 1.165) is 29.9 Å². The van der Waals surface area contributed by atoms with Gasteiger partial charge in [-0.25, -0.2) is 0 Å². The molecule has 2 heterocycles. The fourth-order valence-electron chi connectivity index (χ4n) is 3.39. The van der Waals surface area contributed by atoms with Gasteiger partial charge in [0, 0.05) is 24.3 Å². The van der Waals surface area contributed by atoms with Crippen molar-refractivity contribution in [2.45, 2.75) is 27.2 Å². The molecule has 122 valence electrons. The maximum atomic E-state index is 12.7. The van der Waals surface area contributed by atoms with Crippen LogP contribution in [0.15, 0.2) is 34.7 Å². The van der Waals surface area contributed by atoms with Crippen LogP contribution in [0.25, 0.3) is 11.3 Å². The van der Waals surface area contributed by atoms with Crippen molar-refractivity contribution in [1.82, 2.24) is 4.90 Å². The number of amides is 1. The fourth-order valence-corrected chi connectivity index (χ4v) is 3.39. The molecule has 4 nitrogen and oxygen atoms in total. The van der Waals surface area contributed by atoms with E-state index in [0.29, 0.717) is 23.4 Å². The quantitative estimate of drug-likeness (QED) is 0.854. The monoisotopic (exact) mass is 312 g/mol. The Hall–Kier alpha value is -2.23. The summed E-state index contributed by atoms with van der Waals surface area (Å²) in [6.45, 7) is 7.96. The smallest absolute Gasteiger partial charge is 0.289 e. The molecule has 3 rings (SSSR count). The highest BCUT2D eigenvalue weighted by molar-refractivity contribution is 5.92. The van der Waals surface area contributed by atoms with Crippen LogP contribution in [0.4, 0.5) is 5.69 Å². The van der Waals surface area contributed by atoms with Gasteiger partial charge in [0.05, 0.1) is 0 Å². The first-order chi connectivity index (χ1) is 10.9. The fraction of sp³-hybridized carbons (Fsp3) is 0.421. The number of furan rings is 1. The van der Waals surface area contributed by atoms with E-state index in [1.54, 1.807) is 6.07 Å². The number of hydrogen-bond acceptors (Lipinski definition) is 3. The lowest BCUT2D eigenvalue weighted by Crippen LogP contribution is -2.42. The zero-order chi connectivity index (χ0) is 16.6. The minimum atomic E-state index is -0.0188. The maximum Gasteiger partial charge on any atom is 0.289 e. The van der Waals surface area contributed by atoms with Gasteiger partial charge in [-0.2, -0.15) is 0 Å². The number of carbonyl (C=O) groups is 1. The molecule has 1 amide bonds. The van der Waals surface area contributed by atoms with Gasteiger partial charge in [-0.3, -0.25) is 4.79 Å². The Morgan fingerprint density at radius 1 is 1.17 bits per heavy atom. The highest BCUT2D eigenvalue weighted by atomic mass is 16.4. The summed E-state index contributed by atoms with van der Waals surface area (Å²) in [4.78, 5) is 14.6. The molecule has 0 radical (unpaired) electrons. The van der Waals surface area contributed by atoms with Crippen molar-refractivity contribution in [1.29, 1.82) is 0 Å². The SMILES string of the molecule is Cc1ccc(-c2ccc(C(=O)N3C[C@H](C)C[C@H](C)C3)o2)cc1N. The summed E-state index contributed by atoms with van der Waals surface area (Å²) in [5.41, 5.74) is 8.61. The van der Waals surface area contributed by atoms with Crippen molar-refractivity contribution in [3.8, 4) is 11.3 Å². The van der Waals surface area contributed by atoms with E-state index in [2.05, 4.69) is 13.8 Å². The van der Waals surface area contributed by atoms with Crippen molar-refractivity contribution in [2.24, 2.45) is 11.8 Å². The first-order valence-corrected chi connectivity index (χ1v) is 8.19. The largest absolute Gasteiger partial charge is 0.451 e. The Bertz CT molecular complexity index is 710. The van der Waals surface area contributed by atoms with Crippen LogP contribution in [-0.4, -0.2) is 23.9 Å². The lowest BCUT2D eigenvalue weighted by Gasteiger charge is -2.34. The van der Waals surface area contributed by atoms with Crippen molar-refractivity contribution in [3.05, 3.63) is 41.7 Å². The molecule has 0 aliphatic carbocycles. The summed E-state index contributed by atoms with van der Waals surface area (Å²) < 4.78 is 5.80. The number of rotatable bonds is 2. The molecule has 0 spiro atoms. The van der Waals surface area contributed by atoms with E-state index in [1.165, 1.54) is 6.42 Å². The van der Waals surface area contributed by atoms with Crippen molar-refractivity contribution < 1.29 is 9.21 Å². The molecule has 1 aliphatic heterocycles. The summed E-state index contributed by atoms with van der Waals surface area (Å²) >= 11 is 0. The summed E-state index contributed by atoms with van der Waals surface area (Å²) in [6.07, 6.45) is 1.18. The third-order valence-electron chi connectivity index (χ3n) is 4.54. The van der Waals surface area contributed by atoms with Gasteiger partial charge in [0.1, 0.15) is 5.76 Å². The molecular formula is C19H24N2O2. The number of hydrogen-bond donors (Lipinski definition) is 1. The van der Waals surface area contributed by atoms with Gasteiger partial charge in [-0.1, -0.05) is 26.0 Å². The minimum Gasteiger partial charge on any atom is -0.451 e. The van der Waals surface area contributed by atoms with E-state index >= 15 is 0 Å². The lowest BCUT2D eigenvalue weighted by molar-refractivity contribution is 0.0592. The second-order valence-electron chi connectivity index (χ2n) is 6.89. The Morgan fingerprint density at radius 3 is 2.52 bits per heavy atom. The van der Waals surface area contributed by atoms with E-state index in [4.69, 9.17) is 10.2 Å². The molecule has 4 heteroatoms. The van der Waals surface area contributed by atoms with Crippen LogP contribution in [-0.2, 0) is 0 Å². The summed E-state index contributed by atoms with van der Waals surface area (Å²) in [7, 11) is 0. The Morgan fingerprint density at radius 2 is 1.87 bits per heavy atom. The topological polar surface area (TPSA) is 59.5 Å². The average Bonchev–Trinajstić information content (AvgIpc) is 2.98. The number of nitrogens with two attached hydrogens (primary N) is 1. The van der Waals surface area contributed by atoms with Gasteiger partial charge in [0.25, 0.3) is 5.91 Å². The highest BCUT2D eigenvalue weighted by Crippen LogP contribution is 2.27. The zero-order valence-corrected chi connectivity index (χ0v) is 14.0. The van der Waals surface area contributed by atoms with Gasteiger partial charge in [0.2, 0.25) is 0 Å². The van der Waals surface area contributed by atoms with Crippen molar-refractivity contribution in [2.75, 3.05) is 18.8 Å². The molecule has 0 saturated carbocycles. The van der Waals surface area contributed by atoms with E-state index in [9.17, 15) is 4.79 Å². The molecule has 1 aromatic carbocycles. The number of nitrogen functional groups attached to an aromatic ring is 1. The number of piperidine rings is 1. The van der Waals surface area contributed by atoms with Crippen LogP contribution in [0.2, 0.25) is 0 Å². The molecule has 1 aromatic heterocycles. The van der Waals surface area contributed by atoms with Crippen LogP contribution < -0.4 is 5.73 Å². The molecule has 2 atom stereocenters. The van der Waals surface area contributed by atoms with Crippen molar-refractivity contribution in [3.63, 3.8) is 0 Å². The maximum absolute atomic E-state index is 12.7. The van der Waals surface area contributed by atoms with Crippen LogP contribution in [0.3, 0.4) is 0 Å². The first kappa shape index (κ1) is 15.7. The van der Waals surface area contributed by atoms with E-state index < -0.39 is 0 Å². The van der Waals surface area contributed by atoms with Crippen LogP contribution in [0.5, 0.6) is 0 Å². The van der Waals surface area contributed by atoms with Gasteiger partial charge in [-0.15, -0.1) is 0 Å². The van der Waals surface area contributed by atoms with Gasteiger partial charge in [0.15, 0.2) is 5.76 Å². The van der Waals surface area contributed by atoms with E-state index in [-0.39, 0.29) is 5.91 Å². The van der Waals surface area contributed by atoms with Crippen molar-refractivity contribution >= 4 is 11.6 Å². The highest BCUT2D eigenvalue weighted by Gasteiger charge is 2.27. The van der Waals surface area contributed by atoms with Crippen LogP contribution >= 0.6 is 0 Å². The molecule has 1 saturated heterocycles. The number of carbonyl (C=O) groups excluding carboxylic acids is 1. The second kappa shape index (κ2) is 6.11. The molecule has 0 unspecified atom stereocenters.